The summed E-state index contributed by atoms with van der Waals surface area (Å²) < 4.78 is 0. The normalized spacial score (nSPS) is 25.0. The van der Waals surface area contributed by atoms with Gasteiger partial charge >= 0.3 is 0 Å². The molecule has 118 valence electrons. The zero-order valence-electron chi connectivity index (χ0n) is 14.2. The molecule has 21 heavy (non-hydrogen) atoms. The topological polar surface area (TPSA) is 15.3 Å². The Morgan fingerprint density at radius 2 is 2.05 bits per heavy atom. The first-order valence-corrected chi connectivity index (χ1v) is 8.64. The van der Waals surface area contributed by atoms with E-state index in [2.05, 4.69) is 62.2 Å². The van der Waals surface area contributed by atoms with Gasteiger partial charge in [-0.2, -0.15) is 0 Å². The number of nitrogens with zero attached hydrogens (tertiary/aromatic N) is 1. The molecule has 1 fully saturated rings. The summed E-state index contributed by atoms with van der Waals surface area (Å²) >= 11 is 0. The third-order valence-corrected chi connectivity index (χ3v) is 5.00. The van der Waals surface area contributed by atoms with Crippen LogP contribution in [0.15, 0.2) is 24.3 Å². The second-order valence-electron chi connectivity index (χ2n) is 6.77. The number of benzene rings is 1. The van der Waals surface area contributed by atoms with Crippen molar-refractivity contribution in [2.45, 2.75) is 59.0 Å². The predicted octanol–water partition coefficient (Wildman–Crippen LogP) is 4.16. The van der Waals surface area contributed by atoms with Crippen molar-refractivity contribution in [3.8, 4) is 0 Å². The van der Waals surface area contributed by atoms with Crippen LogP contribution < -0.4 is 5.32 Å². The first-order chi connectivity index (χ1) is 10.1. The first kappa shape index (κ1) is 16.5. The maximum atomic E-state index is 3.68. The zero-order chi connectivity index (χ0) is 15.2. The van der Waals surface area contributed by atoms with Crippen LogP contribution in [0.2, 0.25) is 0 Å². The first-order valence-electron chi connectivity index (χ1n) is 8.64. The molecular weight excluding hydrogens is 256 g/mol. The van der Waals surface area contributed by atoms with Gasteiger partial charge in [-0.15, -0.1) is 0 Å². The molecule has 2 rings (SSSR count). The van der Waals surface area contributed by atoms with Gasteiger partial charge in [-0.05, 0) is 63.2 Å². The minimum Gasteiger partial charge on any atom is -0.310 e. The van der Waals surface area contributed by atoms with Gasteiger partial charge in [-0.3, -0.25) is 0 Å². The summed E-state index contributed by atoms with van der Waals surface area (Å²) in [6.07, 6.45) is 3.92. The second kappa shape index (κ2) is 7.95. The van der Waals surface area contributed by atoms with Crippen LogP contribution in [0, 0.1) is 12.8 Å². The lowest BCUT2D eigenvalue weighted by atomic mass is 9.92. The summed E-state index contributed by atoms with van der Waals surface area (Å²) in [6.45, 7) is 12.7. The largest absolute Gasteiger partial charge is 0.310 e. The minimum absolute atomic E-state index is 0.489. The molecule has 0 bridgehead atoms. The molecule has 0 amide bonds. The van der Waals surface area contributed by atoms with E-state index in [9.17, 15) is 0 Å². The van der Waals surface area contributed by atoms with E-state index >= 15 is 0 Å². The quantitative estimate of drug-likeness (QED) is 0.845. The Hall–Kier alpha value is -0.860. The fourth-order valence-corrected chi connectivity index (χ4v) is 3.67. The van der Waals surface area contributed by atoms with E-state index in [-0.39, 0.29) is 0 Å². The lowest BCUT2D eigenvalue weighted by molar-refractivity contribution is 0.124. The summed E-state index contributed by atoms with van der Waals surface area (Å²) in [5.41, 5.74) is 2.88. The molecule has 1 aromatic rings. The number of hydrogen-bond donors (Lipinski definition) is 1. The molecule has 1 saturated heterocycles. The van der Waals surface area contributed by atoms with Crippen LogP contribution in [0.3, 0.4) is 0 Å². The monoisotopic (exact) mass is 288 g/mol. The van der Waals surface area contributed by atoms with Crippen LogP contribution in [-0.2, 0) is 0 Å². The third kappa shape index (κ3) is 4.55. The Morgan fingerprint density at radius 1 is 1.29 bits per heavy atom. The molecule has 3 unspecified atom stereocenters. The van der Waals surface area contributed by atoms with E-state index in [1.165, 1.54) is 43.5 Å². The van der Waals surface area contributed by atoms with Gasteiger partial charge < -0.3 is 10.2 Å². The summed E-state index contributed by atoms with van der Waals surface area (Å²) in [5, 5.41) is 3.68. The van der Waals surface area contributed by atoms with Crippen LogP contribution in [0.4, 0.5) is 0 Å². The summed E-state index contributed by atoms with van der Waals surface area (Å²) in [4.78, 5) is 2.68. The van der Waals surface area contributed by atoms with E-state index < -0.39 is 0 Å². The highest BCUT2D eigenvalue weighted by Gasteiger charge is 2.23. The Kier molecular flexibility index (Phi) is 6.25. The fourth-order valence-electron chi connectivity index (χ4n) is 3.67. The number of likely N-dealkylation sites (tertiary alicyclic amines) is 1. The Bertz CT molecular complexity index is 429. The van der Waals surface area contributed by atoms with E-state index in [4.69, 9.17) is 0 Å². The molecule has 0 aliphatic carbocycles. The van der Waals surface area contributed by atoms with Crippen LogP contribution in [0.25, 0.3) is 0 Å². The second-order valence-corrected chi connectivity index (χ2v) is 6.77. The van der Waals surface area contributed by atoms with Crippen molar-refractivity contribution in [2.24, 2.45) is 5.92 Å². The summed E-state index contributed by atoms with van der Waals surface area (Å²) in [7, 11) is 0. The van der Waals surface area contributed by atoms with Gasteiger partial charge in [0, 0.05) is 18.6 Å². The van der Waals surface area contributed by atoms with Crippen LogP contribution in [0.1, 0.15) is 57.2 Å². The van der Waals surface area contributed by atoms with Gasteiger partial charge in [0.2, 0.25) is 0 Å². The van der Waals surface area contributed by atoms with Crippen molar-refractivity contribution in [3.63, 3.8) is 0 Å². The number of rotatable bonds is 6. The Balaban J connectivity index is 1.96. The van der Waals surface area contributed by atoms with Gasteiger partial charge in [0.25, 0.3) is 0 Å². The van der Waals surface area contributed by atoms with E-state index in [0.717, 1.165) is 18.5 Å². The van der Waals surface area contributed by atoms with Gasteiger partial charge in [0.1, 0.15) is 0 Å². The van der Waals surface area contributed by atoms with Crippen molar-refractivity contribution in [1.82, 2.24) is 10.2 Å². The maximum absolute atomic E-state index is 3.68. The molecular formula is C19H32N2. The molecule has 0 saturated carbocycles. The van der Waals surface area contributed by atoms with Gasteiger partial charge in [0.05, 0.1) is 0 Å². The lowest BCUT2D eigenvalue weighted by Crippen LogP contribution is -2.41. The molecule has 0 spiro atoms. The van der Waals surface area contributed by atoms with E-state index in [1.807, 2.05) is 0 Å². The number of aryl methyl sites for hydroxylation is 1. The fraction of sp³-hybridized carbons (Fsp3) is 0.684. The average Bonchev–Trinajstić information content (AvgIpc) is 2.46. The molecule has 1 aliphatic rings. The molecule has 1 aromatic carbocycles. The SMILES string of the molecule is CCNC(CCN1CCC(C)CC1C)c1ccccc1C. The molecule has 3 atom stereocenters. The number of nitrogens with one attached hydrogen (secondary N) is 1. The van der Waals surface area contributed by atoms with Crippen LogP contribution in [0.5, 0.6) is 0 Å². The van der Waals surface area contributed by atoms with Crippen molar-refractivity contribution in [2.75, 3.05) is 19.6 Å². The molecule has 1 heterocycles. The highest BCUT2D eigenvalue weighted by molar-refractivity contribution is 5.28. The highest BCUT2D eigenvalue weighted by atomic mass is 15.2. The molecule has 0 aromatic heterocycles. The highest BCUT2D eigenvalue weighted by Crippen LogP contribution is 2.25. The number of hydrogen-bond acceptors (Lipinski definition) is 2. The predicted molar refractivity (Wildman–Crippen MR) is 91.6 cm³/mol. The maximum Gasteiger partial charge on any atom is 0.0334 e. The molecule has 1 aliphatic heterocycles. The smallest absolute Gasteiger partial charge is 0.0334 e. The molecule has 2 nitrogen and oxygen atoms in total. The van der Waals surface area contributed by atoms with Gasteiger partial charge in [-0.1, -0.05) is 38.1 Å². The molecule has 2 heteroatoms. The van der Waals surface area contributed by atoms with Gasteiger partial charge in [-0.25, -0.2) is 0 Å². The summed E-state index contributed by atoms with van der Waals surface area (Å²) in [6, 6.07) is 10.0. The van der Waals surface area contributed by atoms with Gasteiger partial charge in [0.15, 0.2) is 0 Å². The van der Waals surface area contributed by atoms with Crippen molar-refractivity contribution < 1.29 is 0 Å². The Labute approximate surface area is 130 Å². The van der Waals surface area contributed by atoms with Crippen LogP contribution >= 0.6 is 0 Å². The minimum atomic E-state index is 0.489. The molecule has 1 N–H and O–H groups in total. The summed E-state index contributed by atoms with van der Waals surface area (Å²) in [5.74, 6) is 0.900. The number of piperidine rings is 1. The average molecular weight is 288 g/mol. The lowest BCUT2D eigenvalue weighted by Gasteiger charge is -2.37. The Morgan fingerprint density at radius 3 is 2.71 bits per heavy atom. The van der Waals surface area contributed by atoms with Crippen molar-refractivity contribution in [1.29, 1.82) is 0 Å². The third-order valence-electron chi connectivity index (χ3n) is 5.00. The van der Waals surface area contributed by atoms with Crippen molar-refractivity contribution in [3.05, 3.63) is 35.4 Å². The van der Waals surface area contributed by atoms with Crippen LogP contribution in [-0.4, -0.2) is 30.6 Å². The zero-order valence-corrected chi connectivity index (χ0v) is 14.2. The van der Waals surface area contributed by atoms with E-state index in [0.29, 0.717) is 6.04 Å². The van der Waals surface area contributed by atoms with E-state index in [1.54, 1.807) is 0 Å². The molecule has 0 radical (unpaired) electrons. The standard InChI is InChI=1S/C19H32N2/c1-5-20-19(18-9-7-6-8-16(18)3)11-13-21-12-10-15(2)14-17(21)4/h6-9,15,17,19-20H,5,10-14H2,1-4H3. The van der Waals surface area contributed by atoms with Crippen molar-refractivity contribution >= 4 is 0 Å².